The molecule has 4 rings (SSSR count). The lowest BCUT2D eigenvalue weighted by atomic mass is 9.83. The van der Waals surface area contributed by atoms with Crippen LogP contribution in [0.1, 0.15) is 76.3 Å². The van der Waals surface area contributed by atoms with Crippen LogP contribution in [0.15, 0.2) is 47.0 Å². The Balaban J connectivity index is 0.000000494. The molecule has 0 saturated heterocycles. The standard InChI is InChI=1S/C24H29F3N2O2.C6H8O/c1-3-5-6-16(4-2)20-15-21(17-7-9-18(10-8-17)31-24(25,26)27)23-22(19(20)11-14-30)28-12-13-29-23;1-5(7)6-3-2-4-6/h7-10,12,15-16,29-30H,3-6,11,13-14H2,1-2H3;3H,2,4H2,1H3. The summed E-state index contributed by atoms with van der Waals surface area (Å²) in [6, 6.07) is 8.06. The Bertz CT molecular complexity index is 1150. The summed E-state index contributed by atoms with van der Waals surface area (Å²) < 4.78 is 41.6. The van der Waals surface area contributed by atoms with Gasteiger partial charge in [-0.15, -0.1) is 13.2 Å². The number of aliphatic imine (C=N–C) groups is 1. The summed E-state index contributed by atoms with van der Waals surface area (Å²) in [5.74, 6) is 0.323. The number of halogens is 3. The Hall–Kier alpha value is -3.13. The molecule has 8 heteroatoms. The van der Waals surface area contributed by atoms with Gasteiger partial charge in [-0.2, -0.15) is 0 Å². The molecular formula is C30H37F3N2O3. The van der Waals surface area contributed by atoms with Crippen LogP contribution in [-0.2, 0) is 11.2 Å². The van der Waals surface area contributed by atoms with Gasteiger partial charge in [-0.25, -0.2) is 0 Å². The minimum absolute atomic E-state index is 0.0298. The van der Waals surface area contributed by atoms with Crippen molar-refractivity contribution >= 4 is 23.4 Å². The Morgan fingerprint density at radius 2 is 1.92 bits per heavy atom. The number of rotatable bonds is 10. The predicted octanol–water partition coefficient (Wildman–Crippen LogP) is 7.89. The molecule has 0 aromatic heterocycles. The number of Topliss-reactive ketones (excluding diaryl/α,β-unsaturated/α-hetero) is 1. The monoisotopic (exact) mass is 530 g/mol. The van der Waals surface area contributed by atoms with Crippen LogP contribution in [0.4, 0.5) is 24.5 Å². The average Bonchev–Trinajstić information content (AvgIpc) is 2.84. The van der Waals surface area contributed by atoms with Gasteiger partial charge in [0.1, 0.15) is 5.75 Å². The molecule has 2 N–H and O–H groups in total. The van der Waals surface area contributed by atoms with Gasteiger partial charge in [-0.1, -0.05) is 44.9 Å². The number of nitrogens with one attached hydrogen (secondary N) is 1. The van der Waals surface area contributed by atoms with E-state index >= 15 is 0 Å². The number of aliphatic hydroxyl groups is 1. The van der Waals surface area contributed by atoms with Crippen molar-refractivity contribution in [2.45, 2.75) is 78.0 Å². The van der Waals surface area contributed by atoms with Crippen molar-refractivity contribution in [3.63, 3.8) is 0 Å². The minimum Gasteiger partial charge on any atom is -0.406 e. The average molecular weight is 531 g/mol. The van der Waals surface area contributed by atoms with Crippen LogP contribution in [0.25, 0.3) is 11.1 Å². The van der Waals surface area contributed by atoms with Crippen LogP contribution in [0.2, 0.25) is 0 Å². The lowest BCUT2D eigenvalue weighted by Crippen LogP contribution is -2.17. The molecule has 5 nitrogen and oxygen atoms in total. The van der Waals surface area contributed by atoms with Crippen LogP contribution >= 0.6 is 0 Å². The zero-order valence-corrected chi connectivity index (χ0v) is 22.3. The van der Waals surface area contributed by atoms with Crippen molar-refractivity contribution < 1.29 is 27.8 Å². The number of fused-ring (bicyclic) bond motifs is 1. The first-order chi connectivity index (χ1) is 18.2. The highest BCUT2D eigenvalue weighted by Gasteiger charge is 2.31. The number of alkyl halides is 3. The minimum atomic E-state index is -4.72. The van der Waals surface area contributed by atoms with E-state index in [0.717, 1.165) is 77.7 Å². The lowest BCUT2D eigenvalue weighted by Gasteiger charge is -2.26. The highest BCUT2D eigenvalue weighted by Crippen LogP contribution is 2.45. The number of carbonyl (C=O) groups excluding carboxylic acids is 1. The first kappa shape index (κ1) is 29.4. The first-order valence-electron chi connectivity index (χ1n) is 13.3. The van der Waals surface area contributed by atoms with Crippen LogP contribution in [-0.4, -0.2) is 36.6 Å². The van der Waals surface area contributed by atoms with Crippen molar-refractivity contribution in [1.82, 2.24) is 0 Å². The summed E-state index contributed by atoms with van der Waals surface area (Å²) in [5, 5.41) is 13.1. The molecule has 38 heavy (non-hydrogen) atoms. The SMILES string of the molecule is CC(=O)C1=CCC1.CCCCC(CC)c1cc(-c2ccc(OC(F)(F)F)cc2)c2c(c1CCO)N=CCN2. The molecule has 1 aliphatic heterocycles. The van der Waals surface area contributed by atoms with Crippen molar-refractivity contribution in [1.29, 1.82) is 0 Å². The van der Waals surface area contributed by atoms with Crippen LogP contribution in [0, 0.1) is 0 Å². The Morgan fingerprint density at radius 3 is 2.42 bits per heavy atom. The van der Waals surface area contributed by atoms with Crippen molar-refractivity contribution in [2.75, 3.05) is 18.5 Å². The fourth-order valence-electron chi connectivity index (χ4n) is 4.78. The Labute approximate surface area is 222 Å². The topological polar surface area (TPSA) is 70.9 Å². The molecule has 0 saturated carbocycles. The molecule has 1 unspecified atom stereocenters. The quantitative estimate of drug-likeness (QED) is 0.328. The largest absolute Gasteiger partial charge is 0.573 e. The van der Waals surface area contributed by atoms with Gasteiger partial charge >= 0.3 is 6.36 Å². The van der Waals surface area contributed by atoms with Crippen LogP contribution in [0.5, 0.6) is 5.75 Å². The van der Waals surface area contributed by atoms with E-state index in [0.29, 0.717) is 18.9 Å². The third kappa shape index (κ3) is 7.69. The van der Waals surface area contributed by atoms with Gasteiger partial charge in [0.25, 0.3) is 0 Å². The lowest BCUT2D eigenvalue weighted by molar-refractivity contribution is -0.274. The number of unbranched alkanes of at least 4 members (excludes halogenated alkanes) is 1. The molecule has 2 aliphatic rings. The first-order valence-corrected chi connectivity index (χ1v) is 13.3. The van der Waals surface area contributed by atoms with Crippen molar-refractivity contribution in [3.8, 4) is 16.9 Å². The van der Waals surface area contributed by atoms with E-state index in [9.17, 15) is 23.1 Å². The Morgan fingerprint density at radius 1 is 1.21 bits per heavy atom. The highest BCUT2D eigenvalue weighted by atomic mass is 19.4. The second-order valence-corrected chi connectivity index (χ2v) is 9.53. The van der Waals surface area contributed by atoms with E-state index in [1.165, 1.54) is 12.1 Å². The molecule has 0 bridgehead atoms. The smallest absolute Gasteiger partial charge is 0.406 e. The third-order valence-corrected chi connectivity index (χ3v) is 6.89. The van der Waals surface area contributed by atoms with Gasteiger partial charge in [-0.05, 0) is 85.4 Å². The number of hydrogen-bond donors (Lipinski definition) is 2. The van der Waals surface area contributed by atoms with E-state index in [4.69, 9.17) is 0 Å². The van der Waals surface area contributed by atoms with E-state index in [-0.39, 0.29) is 18.1 Å². The zero-order valence-electron chi connectivity index (χ0n) is 22.3. The fourth-order valence-corrected chi connectivity index (χ4v) is 4.78. The molecule has 1 aliphatic carbocycles. The second kappa shape index (κ2) is 13.6. The van der Waals surface area contributed by atoms with Gasteiger partial charge < -0.3 is 15.2 Å². The maximum atomic E-state index is 12.5. The highest BCUT2D eigenvalue weighted by molar-refractivity contribution is 5.94. The van der Waals surface area contributed by atoms with Crippen molar-refractivity contribution in [2.24, 2.45) is 4.99 Å². The number of ether oxygens (including phenoxy) is 1. The third-order valence-electron chi connectivity index (χ3n) is 6.89. The van der Waals surface area contributed by atoms with Gasteiger partial charge in [-0.3, -0.25) is 9.79 Å². The van der Waals surface area contributed by atoms with E-state index in [1.54, 1.807) is 19.1 Å². The molecule has 2 aromatic carbocycles. The van der Waals surface area contributed by atoms with E-state index < -0.39 is 6.36 Å². The summed E-state index contributed by atoms with van der Waals surface area (Å²) in [6.45, 7) is 6.54. The van der Waals surface area contributed by atoms with Gasteiger partial charge in [0.15, 0.2) is 5.78 Å². The number of ketones is 1. The summed E-state index contributed by atoms with van der Waals surface area (Å²) in [6.07, 6.45) is 5.92. The predicted molar refractivity (Wildman–Crippen MR) is 147 cm³/mol. The molecule has 0 fully saturated rings. The number of anilines is 1. The van der Waals surface area contributed by atoms with Crippen LogP contribution < -0.4 is 10.1 Å². The van der Waals surface area contributed by atoms with E-state index in [1.807, 2.05) is 12.3 Å². The Kier molecular flexibility index (Phi) is 10.5. The van der Waals surface area contributed by atoms with Gasteiger partial charge in [0.2, 0.25) is 0 Å². The number of aliphatic hydroxyl groups excluding tert-OH is 1. The second-order valence-electron chi connectivity index (χ2n) is 9.53. The number of carbonyl (C=O) groups is 1. The number of hydrogen-bond acceptors (Lipinski definition) is 5. The van der Waals surface area contributed by atoms with Crippen molar-refractivity contribution in [3.05, 3.63) is 53.1 Å². The molecule has 0 radical (unpaired) electrons. The molecule has 1 heterocycles. The number of nitrogens with zero attached hydrogens (tertiary/aromatic N) is 1. The number of benzene rings is 2. The fraction of sp³-hybridized carbons (Fsp3) is 0.467. The van der Waals surface area contributed by atoms with Gasteiger partial charge in [0.05, 0.1) is 17.9 Å². The van der Waals surface area contributed by atoms with E-state index in [2.05, 4.69) is 35.0 Å². The molecule has 0 amide bonds. The molecular weight excluding hydrogens is 493 g/mol. The summed E-state index contributed by atoms with van der Waals surface area (Å²) in [5.41, 5.74) is 6.58. The maximum Gasteiger partial charge on any atom is 0.573 e. The summed E-state index contributed by atoms with van der Waals surface area (Å²) >= 11 is 0. The maximum absolute atomic E-state index is 12.5. The molecule has 0 spiro atoms. The molecule has 206 valence electrons. The molecule has 2 aromatic rings. The molecule has 1 atom stereocenters. The van der Waals surface area contributed by atoms with Crippen LogP contribution in [0.3, 0.4) is 0 Å². The van der Waals surface area contributed by atoms with Gasteiger partial charge in [0, 0.05) is 18.4 Å². The summed E-state index contributed by atoms with van der Waals surface area (Å²) in [4.78, 5) is 15.0. The number of allylic oxidation sites excluding steroid dienone is 2. The normalized spacial score (nSPS) is 14.8. The summed E-state index contributed by atoms with van der Waals surface area (Å²) in [7, 11) is 0. The zero-order chi connectivity index (χ0) is 27.7.